The van der Waals surface area contributed by atoms with E-state index in [1.54, 1.807) is 0 Å². The second kappa shape index (κ2) is 11.5. The van der Waals surface area contributed by atoms with E-state index >= 15 is 0 Å². The second-order valence-electron chi connectivity index (χ2n) is 15.7. The lowest BCUT2D eigenvalue weighted by Gasteiger charge is -2.22. The first kappa shape index (κ1) is 31.3. The van der Waals surface area contributed by atoms with E-state index in [1.165, 1.54) is 49.4 Å². The summed E-state index contributed by atoms with van der Waals surface area (Å²) in [5.41, 5.74) is 15.2. The van der Waals surface area contributed by atoms with Crippen LogP contribution in [0.15, 0.2) is 174 Å². The van der Waals surface area contributed by atoms with Gasteiger partial charge in [-0.2, -0.15) is 0 Å². The van der Waals surface area contributed by atoms with Gasteiger partial charge in [0, 0.05) is 38.1 Å². The number of benzene rings is 9. The van der Waals surface area contributed by atoms with Crippen molar-refractivity contribution in [3.8, 4) is 44.6 Å². The summed E-state index contributed by atoms with van der Waals surface area (Å²) < 4.78 is 6.85. The third-order valence-corrected chi connectivity index (χ3v) is 12.3. The van der Waals surface area contributed by atoms with Gasteiger partial charge in [0.25, 0.3) is 0 Å². The number of fused-ring (bicyclic) bond motifs is 14. The Kier molecular flexibility index (Phi) is 6.40. The minimum absolute atomic E-state index is 0.0970. The molecule has 0 spiro atoms. The van der Waals surface area contributed by atoms with Crippen molar-refractivity contribution in [1.29, 1.82) is 0 Å². The molecule has 0 aliphatic heterocycles. The maximum absolute atomic E-state index is 6.85. The Bertz CT molecular complexity index is 3430. The third-order valence-electron chi connectivity index (χ3n) is 12.3. The van der Waals surface area contributed by atoms with Crippen molar-refractivity contribution in [2.45, 2.75) is 19.3 Å². The lowest BCUT2D eigenvalue weighted by Crippen LogP contribution is -2.14. The zero-order valence-corrected chi connectivity index (χ0v) is 31.0. The van der Waals surface area contributed by atoms with Crippen LogP contribution in [0.5, 0.6) is 0 Å². The summed E-state index contributed by atoms with van der Waals surface area (Å²) in [5.74, 6) is 0. The monoisotopic (exact) mass is 714 g/mol. The third kappa shape index (κ3) is 4.40. The van der Waals surface area contributed by atoms with E-state index in [4.69, 9.17) is 14.4 Å². The summed E-state index contributed by atoms with van der Waals surface area (Å²) in [4.78, 5) is 10.4. The molecule has 1 aliphatic rings. The number of aromatic nitrogens is 2. The highest BCUT2D eigenvalue weighted by molar-refractivity contribution is 6.23. The predicted molar refractivity (Wildman–Crippen MR) is 233 cm³/mol. The molecule has 0 bridgehead atoms. The average molecular weight is 715 g/mol. The van der Waals surface area contributed by atoms with Crippen LogP contribution in [-0.4, -0.2) is 9.97 Å². The smallest absolute Gasteiger partial charge is 0.143 e. The van der Waals surface area contributed by atoms with Gasteiger partial charge in [-0.3, -0.25) is 4.98 Å². The van der Waals surface area contributed by atoms with Crippen molar-refractivity contribution < 1.29 is 4.42 Å². The molecule has 0 atom stereocenters. The van der Waals surface area contributed by atoms with E-state index in [9.17, 15) is 0 Å². The van der Waals surface area contributed by atoms with Crippen LogP contribution in [0.4, 0.5) is 0 Å². The molecule has 56 heavy (non-hydrogen) atoms. The topological polar surface area (TPSA) is 38.9 Å². The number of furan rings is 1. The van der Waals surface area contributed by atoms with Gasteiger partial charge in [-0.15, -0.1) is 0 Å². The second-order valence-corrected chi connectivity index (χ2v) is 15.7. The van der Waals surface area contributed by atoms with E-state index < -0.39 is 0 Å². The normalized spacial score (nSPS) is 13.3. The Balaban J connectivity index is 1.08. The molecule has 2 aromatic heterocycles. The van der Waals surface area contributed by atoms with Crippen LogP contribution in [-0.2, 0) is 5.41 Å². The zero-order chi connectivity index (χ0) is 37.1. The van der Waals surface area contributed by atoms with Crippen molar-refractivity contribution in [2.75, 3.05) is 0 Å². The SMILES string of the molecule is CC1(C)c2ccccc2-c2ccc(-c3cc(-c4cccc(-c5cnc6c7ccccc7c7ccccc7c6n5)c4)c4oc5ccc6ccccc6c5c4c3)cc21. The molecule has 0 N–H and O–H groups in total. The summed E-state index contributed by atoms with van der Waals surface area (Å²) in [6.07, 6.45) is 1.92. The van der Waals surface area contributed by atoms with Gasteiger partial charge in [-0.25, -0.2) is 4.98 Å². The molecule has 2 heterocycles. The maximum atomic E-state index is 6.85. The number of hydrogen-bond acceptors (Lipinski definition) is 3. The lowest BCUT2D eigenvalue weighted by molar-refractivity contribution is 0.660. The molecule has 3 nitrogen and oxygen atoms in total. The predicted octanol–water partition coefficient (Wildman–Crippen LogP) is 14.3. The van der Waals surface area contributed by atoms with Crippen LogP contribution in [0.2, 0.25) is 0 Å². The fourth-order valence-corrected chi connectivity index (χ4v) is 9.52. The molecule has 0 radical (unpaired) electrons. The molecule has 9 aromatic carbocycles. The molecule has 0 saturated carbocycles. The first-order chi connectivity index (χ1) is 27.5. The Morgan fingerprint density at radius 1 is 0.446 bits per heavy atom. The Morgan fingerprint density at radius 3 is 1.98 bits per heavy atom. The molecule has 0 saturated heterocycles. The van der Waals surface area contributed by atoms with Crippen molar-refractivity contribution in [2.24, 2.45) is 0 Å². The molecule has 0 fully saturated rings. The molecular formula is C53H34N2O. The van der Waals surface area contributed by atoms with E-state index in [1.807, 2.05) is 6.20 Å². The summed E-state index contributed by atoms with van der Waals surface area (Å²) in [5, 5.41) is 9.25. The quantitative estimate of drug-likeness (QED) is 0.171. The van der Waals surface area contributed by atoms with Gasteiger partial charge in [0.1, 0.15) is 11.2 Å². The Hall–Kier alpha value is -7.10. The average Bonchev–Trinajstić information content (AvgIpc) is 3.75. The van der Waals surface area contributed by atoms with E-state index in [0.717, 1.165) is 71.7 Å². The van der Waals surface area contributed by atoms with Crippen molar-refractivity contribution in [1.82, 2.24) is 9.97 Å². The van der Waals surface area contributed by atoms with Crippen LogP contribution in [0.1, 0.15) is 25.0 Å². The number of rotatable bonds is 3. The Morgan fingerprint density at radius 2 is 1.14 bits per heavy atom. The van der Waals surface area contributed by atoms with Crippen LogP contribution in [0.3, 0.4) is 0 Å². The standard InChI is InChI=1S/C53H34N2O/c1-53(2)45-21-10-9-18-39(45)40-24-22-32(29-46(40)53)35-27-43(52-44(28-35)49-36-15-4-3-12-31(36)23-25-48(49)56-52)33-13-11-14-34(26-33)47-30-54-50-41-19-7-5-16-37(41)38-17-6-8-20-42(38)51(50)55-47/h3-30H,1-2H3. The summed E-state index contributed by atoms with van der Waals surface area (Å²) >= 11 is 0. The van der Waals surface area contributed by atoms with Gasteiger partial charge in [0.05, 0.1) is 22.9 Å². The van der Waals surface area contributed by atoms with Gasteiger partial charge in [0.2, 0.25) is 0 Å². The fourth-order valence-electron chi connectivity index (χ4n) is 9.52. The molecular weight excluding hydrogens is 681 g/mol. The van der Waals surface area contributed by atoms with E-state index in [-0.39, 0.29) is 5.41 Å². The summed E-state index contributed by atoms with van der Waals surface area (Å²) in [7, 11) is 0. The van der Waals surface area contributed by atoms with Crippen molar-refractivity contribution in [3.63, 3.8) is 0 Å². The summed E-state index contributed by atoms with van der Waals surface area (Å²) in [6, 6.07) is 59.1. The highest BCUT2D eigenvalue weighted by Gasteiger charge is 2.35. The highest BCUT2D eigenvalue weighted by atomic mass is 16.3. The van der Waals surface area contributed by atoms with Crippen LogP contribution in [0.25, 0.3) is 110 Å². The van der Waals surface area contributed by atoms with E-state index in [2.05, 4.69) is 178 Å². The van der Waals surface area contributed by atoms with E-state index in [0.29, 0.717) is 0 Å². The molecule has 12 rings (SSSR count). The zero-order valence-electron chi connectivity index (χ0n) is 31.0. The van der Waals surface area contributed by atoms with Gasteiger partial charge in [0.15, 0.2) is 0 Å². The van der Waals surface area contributed by atoms with Crippen molar-refractivity contribution >= 4 is 65.3 Å². The van der Waals surface area contributed by atoms with Crippen molar-refractivity contribution in [3.05, 3.63) is 181 Å². The first-order valence-electron chi connectivity index (χ1n) is 19.3. The highest BCUT2D eigenvalue weighted by Crippen LogP contribution is 2.50. The van der Waals surface area contributed by atoms with Crippen LogP contribution < -0.4 is 0 Å². The maximum Gasteiger partial charge on any atom is 0.143 e. The molecule has 1 aliphatic carbocycles. The molecule has 3 heteroatoms. The molecule has 0 amide bonds. The fraction of sp³-hybridized carbons (Fsp3) is 0.0566. The Labute approximate surface area is 323 Å². The molecule has 11 aromatic rings. The van der Waals surface area contributed by atoms with Gasteiger partial charge >= 0.3 is 0 Å². The van der Waals surface area contributed by atoms with Crippen LogP contribution >= 0.6 is 0 Å². The van der Waals surface area contributed by atoms with Gasteiger partial charge in [-0.05, 0) is 90.8 Å². The number of nitrogens with zero attached hydrogens (tertiary/aromatic N) is 2. The summed E-state index contributed by atoms with van der Waals surface area (Å²) in [6.45, 7) is 4.69. The van der Waals surface area contributed by atoms with Crippen LogP contribution in [0, 0.1) is 0 Å². The number of hydrogen-bond donors (Lipinski definition) is 0. The minimum atomic E-state index is -0.0970. The van der Waals surface area contributed by atoms with Gasteiger partial charge in [-0.1, -0.05) is 147 Å². The first-order valence-corrected chi connectivity index (χ1v) is 19.3. The molecule has 262 valence electrons. The minimum Gasteiger partial charge on any atom is -0.455 e. The molecule has 0 unspecified atom stereocenters. The lowest BCUT2D eigenvalue weighted by atomic mass is 9.81. The van der Waals surface area contributed by atoms with Gasteiger partial charge < -0.3 is 4.42 Å². The largest absolute Gasteiger partial charge is 0.455 e.